The zero-order chi connectivity index (χ0) is 19.1. The van der Waals surface area contributed by atoms with Crippen LogP contribution in [0.25, 0.3) is 0 Å². The van der Waals surface area contributed by atoms with Gasteiger partial charge in [0, 0.05) is 19.0 Å². The van der Waals surface area contributed by atoms with E-state index < -0.39 is 27.7 Å². The summed E-state index contributed by atoms with van der Waals surface area (Å²) < 4.78 is 66.0. The second-order valence-corrected chi connectivity index (χ2v) is 8.30. The van der Waals surface area contributed by atoms with Crippen LogP contribution in [0.15, 0.2) is 60.0 Å². The summed E-state index contributed by atoms with van der Waals surface area (Å²) in [6.07, 6.45) is -2.94. The molecule has 1 atom stereocenters. The first-order valence-electron chi connectivity index (χ1n) is 8.02. The minimum atomic E-state index is -4.44. The van der Waals surface area contributed by atoms with Crippen molar-refractivity contribution in [2.45, 2.75) is 30.5 Å². The monoisotopic (exact) mass is 381 g/mol. The molecule has 0 saturated carbocycles. The van der Waals surface area contributed by atoms with Crippen LogP contribution in [-0.2, 0) is 22.7 Å². The Morgan fingerprint density at radius 1 is 1.15 bits per heavy atom. The molecule has 138 valence electrons. The van der Waals surface area contributed by atoms with Crippen molar-refractivity contribution in [1.29, 1.82) is 0 Å². The molecule has 0 amide bonds. The fraction of sp³-hybridized carbons (Fsp3) is 0.263. The number of nitrogens with zero attached hydrogens (tertiary/aromatic N) is 1. The summed E-state index contributed by atoms with van der Waals surface area (Å²) in [5.74, 6) is -0.499. The van der Waals surface area contributed by atoms with E-state index in [9.17, 15) is 21.6 Å². The van der Waals surface area contributed by atoms with Gasteiger partial charge in [0.25, 0.3) is 0 Å². The van der Waals surface area contributed by atoms with Crippen LogP contribution in [-0.4, -0.2) is 19.3 Å². The number of sulfonamides is 1. The first kappa shape index (κ1) is 18.7. The van der Waals surface area contributed by atoms with Gasteiger partial charge in [0.2, 0.25) is 10.0 Å². The maximum absolute atomic E-state index is 13.0. The summed E-state index contributed by atoms with van der Waals surface area (Å²) in [4.78, 5) is 0.168. The van der Waals surface area contributed by atoms with Crippen molar-refractivity contribution in [2.75, 3.05) is 6.54 Å². The van der Waals surface area contributed by atoms with Crippen molar-refractivity contribution < 1.29 is 21.6 Å². The van der Waals surface area contributed by atoms with E-state index in [1.807, 2.05) is 6.92 Å². The zero-order valence-corrected chi connectivity index (χ0v) is 14.9. The SMILES string of the molecule is C=CC1CN(S(=O)(=O)c2ccc(C)cc2)Cc2ccc(C(F)(F)F)cc21. The van der Waals surface area contributed by atoms with Crippen molar-refractivity contribution in [3.8, 4) is 0 Å². The molecule has 1 aliphatic rings. The fourth-order valence-electron chi connectivity index (χ4n) is 3.08. The summed E-state index contributed by atoms with van der Waals surface area (Å²) in [5, 5.41) is 0. The van der Waals surface area contributed by atoms with Gasteiger partial charge in [-0.25, -0.2) is 8.42 Å². The number of hydrogen-bond donors (Lipinski definition) is 0. The topological polar surface area (TPSA) is 37.4 Å². The first-order valence-corrected chi connectivity index (χ1v) is 9.46. The van der Waals surface area contributed by atoms with Crippen molar-refractivity contribution in [3.05, 3.63) is 77.4 Å². The molecule has 0 radical (unpaired) electrons. The van der Waals surface area contributed by atoms with E-state index in [0.29, 0.717) is 11.1 Å². The molecule has 7 heteroatoms. The maximum Gasteiger partial charge on any atom is 0.416 e. The molecule has 26 heavy (non-hydrogen) atoms. The lowest BCUT2D eigenvalue weighted by atomic mass is 9.89. The van der Waals surface area contributed by atoms with Gasteiger partial charge in [0.1, 0.15) is 0 Å². The Kier molecular flexibility index (Phi) is 4.71. The van der Waals surface area contributed by atoms with Crippen LogP contribution in [0.2, 0.25) is 0 Å². The van der Waals surface area contributed by atoms with E-state index in [2.05, 4.69) is 6.58 Å². The predicted octanol–water partition coefficient (Wildman–Crippen LogP) is 4.49. The smallest absolute Gasteiger partial charge is 0.207 e. The molecule has 0 saturated heterocycles. The Balaban J connectivity index is 2.00. The van der Waals surface area contributed by atoms with E-state index >= 15 is 0 Å². The van der Waals surface area contributed by atoms with Crippen molar-refractivity contribution in [3.63, 3.8) is 0 Å². The highest BCUT2D eigenvalue weighted by Gasteiger charge is 2.35. The molecule has 0 bridgehead atoms. The highest BCUT2D eigenvalue weighted by molar-refractivity contribution is 7.89. The summed E-state index contributed by atoms with van der Waals surface area (Å²) in [5.41, 5.74) is 1.24. The standard InChI is InChI=1S/C19H18F3NO2S/c1-3-14-11-23(26(24,25)17-8-4-13(2)5-9-17)12-15-6-7-16(10-18(14)15)19(20,21)22/h3-10,14H,1,11-12H2,2H3. The zero-order valence-electron chi connectivity index (χ0n) is 14.1. The third kappa shape index (κ3) is 3.41. The number of alkyl halides is 3. The molecule has 0 spiro atoms. The lowest BCUT2D eigenvalue weighted by molar-refractivity contribution is -0.137. The molecule has 0 aliphatic carbocycles. The Hall–Kier alpha value is -2.12. The molecule has 2 aromatic carbocycles. The van der Waals surface area contributed by atoms with E-state index in [4.69, 9.17) is 0 Å². The van der Waals surface area contributed by atoms with Gasteiger partial charge in [0.05, 0.1) is 10.5 Å². The molecule has 3 rings (SSSR count). The van der Waals surface area contributed by atoms with Gasteiger partial charge in [-0.15, -0.1) is 6.58 Å². The molecule has 1 unspecified atom stereocenters. The van der Waals surface area contributed by atoms with E-state index in [1.54, 1.807) is 12.1 Å². The lowest BCUT2D eigenvalue weighted by Gasteiger charge is -2.33. The minimum Gasteiger partial charge on any atom is -0.207 e. The Morgan fingerprint density at radius 3 is 2.38 bits per heavy atom. The van der Waals surface area contributed by atoms with Gasteiger partial charge in [-0.3, -0.25) is 0 Å². The molecule has 3 nitrogen and oxygen atoms in total. The maximum atomic E-state index is 13.0. The van der Waals surface area contributed by atoms with Gasteiger partial charge in [-0.1, -0.05) is 29.8 Å². The quantitative estimate of drug-likeness (QED) is 0.735. The summed E-state index contributed by atoms with van der Waals surface area (Å²) >= 11 is 0. The average Bonchev–Trinajstić information content (AvgIpc) is 2.59. The Morgan fingerprint density at radius 2 is 1.81 bits per heavy atom. The third-order valence-corrected chi connectivity index (χ3v) is 6.39. The van der Waals surface area contributed by atoms with E-state index in [0.717, 1.165) is 17.7 Å². The summed E-state index contributed by atoms with van der Waals surface area (Å²) in [6.45, 7) is 5.63. The minimum absolute atomic E-state index is 0.0357. The van der Waals surface area contributed by atoms with Crippen LogP contribution >= 0.6 is 0 Å². The van der Waals surface area contributed by atoms with Crippen molar-refractivity contribution in [1.82, 2.24) is 4.31 Å². The highest BCUT2D eigenvalue weighted by Crippen LogP contribution is 2.37. The van der Waals surface area contributed by atoms with Crippen LogP contribution in [0, 0.1) is 6.92 Å². The van der Waals surface area contributed by atoms with Gasteiger partial charge in [-0.05, 0) is 42.3 Å². The average molecular weight is 381 g/mol. The number of fused-ring (bicyclic) bond motifs is 1. The van der Waals surface area contributed by atoms with Crippen LogP contribution in [0.3, 0.4) is 0 Å². The molecular formula is C19H18F3NO2S. The van der Waals surface area contributed by atoms with Gasteiger partial charge < -0.3 is 0 Å². The Bertz CT molecular complexity index is 934. The molecule has 0 aromatic heterocycles. The van der Waals surface area contributed by atoms with Gasteiger partial charge in [0.15, 0.2) is 0 Å². The van der Waals surface area contributed by atoms with Gasteiger partial charge in [-0.2, -0.15) is 17.5 Å². The van der Waals surface area contributed by atoms with Crippen LogP contribution in [0.5, 0.6) is 0 Å². The summed E-state index contributed by atoms with van der Waals surface area (Å²) in [7, 11) is -3.74. The number of halogens is 3. The number of aryl methyl sites for hydroxylation is 1. The first-order chi connectivity index (χ1) is 12.1. The third-order valence-electron chi connectivity index (χ3n) is 4.56. The van der Waals surface area contributed by atoms with Crippen molar-refractivity contribution in [2.24, 2.45) is 0 Å². The fourth-order valence-corrected chi connectivity index (χ4v) is 4.52. The summed E-state index contributed by atoms with van der Waals surface area (Å²) in [6, 6.07) is 9.94. The molecule has 0 fully saturated rings. The highest BCUT2D eigenvalue weighted by atomic mass is 32.2. The molecule has 1 aliphatic heterocycles. The predicted molar refractivity (Wildman–Crippen MR) is 93.2 cm³/mol. The number of rotatable bonds is 3. The lowest BCUT2D eigenvalue weighted by Crippen LogP contribution is -2.38. The van der Waals surface area contributed by atoms with Crippen LogP contribution in [0.4, 0.5) is 13.2 Å². The van der Waals surface area contributed by atoms with Crippen LogP contribution < -0.4 is 0 Å². The van der Waals surface area contributed by atoms with Crippen molar-refractivity contribution >= 4 is 10.0 Å². The van der Waals surface area contributed by atoms with Crippen LogP contribution in [0.1, 0.15) is 28.2 Å². The molecule has 1 heterocycles. The molecule has 0 N–H and O–H groups in total. The van der Waals surface area contributed by atoms with E-state index in [-0.39, 0.29) is 18.0 Å². The normalized spacial score (nSPS) is 18.4. The molecule has 2 aromatic rings. The molecular weight excluding hydrogens is 363 g/mol. The van der Waals surface area contributed by atoms with Gasteiger partial charge >= 0.3 is 6.18 Å². The number of hydrogen-bond acceptors (Lipinski definition) is 2. The number of benzene rings is 2. The largest absolute Gasteiger partial charge is 0.416 e. The second kappa shape index (κ2) is 6.55. The van der Waals surface area contributed by atoms with E-state index in [1.165, 1.54) is 28.6 Å². The Labute approximate surface area is 150 Å². The second-order valence-electron chi connectivity index (χ2n) is 6.36.